The van der Waals surface area contributed by atoms with E-state index >= 15 is 0 Å². The molecule has 0 aliphatic heterocycles. The van der Waals surface area contributed by atoms with Crippen LogP contribution in [0, 0.1) is 6.92 Å². The van der Waals surface area contributed by atoms with Gasteiger partial charge in [0.25, 0.3) is 0 Å². The molecule has 1 aromatic rings. The van der Waals surface area contributed by atoms with Crippen molar-refractivity contribution in [2.24, 2.45) is 0 Å². The SMILES string of the molecule is [CH2]C(CCC(Cc1ccccc1)OCCCCCCCCCCCCCCCC)OCP(=O)(O)O. The molecule has 0 spiro atoms. The van der Waals surface area contributed by atoms with E-state index in [4.69, 9.17) is 19.3 Å². The topological polar surface area (TPSA) is 76.0 Å². The van der Waals surface area contributed by atoms with Crippen molar-refractivity contribution in [1.29, 1.82) is 0 Å². The highest BCUT2D eigenvalue weighted by molar-refractivity contribution is 7.51. The van der Waals surface area contributed by atoms with Crippen LogP contribution in [0.25, 0.3) is 0 Å². The number of rotatable bonds is 24. The van der Waals surface area contributed by atoms with E-state index in [-0.39, 0.29) is 6.10 Å². The minimum absolute atomic E-state index is 0.0577. The van der Waals surface area contributed by atoms with Crippen LogP contribution >= 0.6 is 7.60 Å². The lowest BCUT2D eigenvalue weighted by Gasteiger charge is -2.21. The second-order valence-corrected chi connectivity index (χ2v) is 11.5. The fraction of sp³-hybridized carbons (Fsp3) is 0.759. The Kier molecular flexibility index (Phi) is 19.7. The van der Waals surface area contributed by atoms with Crippen molar-refractivity contribution in [3.8, 4) is 0 Å². The molecule has 0 aliphatic carbocycles. The summed E-state index contributed by atoms with van der Waals surface area (Å²) in [5, 5.41) is 0. The van der Waals surface area contributed by atoms with Gasteiger partial charge < -0.3 is 19.3 Å². The number of hydrogen-bond donors (Lipinski definition) is 2. The first-order valence-corrected chi connectivity index (χ1v) is 15.8. The molecule has 0 saturated carbocycles. The lowest BCUT2D eigenvalue weighted by molar-refractivity contribution is 0.0284. The normalized spacial score (nSPS) is 13.7. The smallest absolute Gasteiger partial charge is 0.350 e. The van der Waals surface area contributed by atoms with E-state index in [0.29, 0.717) is 6.42 Å². The largest absolute Gasteiger partial charge is 0.378 e. The lowest BCUT2D eigenvalue weighted by Crippen LogP contribution is -2.20. The molecule has 2 unspecified atom stereocenters. The molecule has 1 rings (SSSR count). The number of benzene rings is 1. The molecule has 0 saturated heterocycles. The Morgan fingerprint density at radius 1 is 0.771 bits per heavy atom. The van der Waals surface area contributed by atoms with Gasteiger partial charge in [0.1, 0.15) is 6.35 Å². The van der Waals surface area contributed by atoms with E-state index in [9.17, 15) is 4.57 Å². The zero-order valence-electron chi connectivity index (χ0n) is 22.2. The first-order chi connectivity index (χ1) is 16.9. The van der Waals surface area contributed by atoms with E-state index in [1.807, 2.05) is 18.2 Å². The molecule has 203 valence electrons. The minimum atomic E-state index is -4.16. The van der Waals surface area contributed by atoms with Crippen molar-refractivity contribution in [2.45, 2.75) is 128 Å². The van der Waals surface area contributed by atoms with Crippen LogP contribution in [0.15, 0.2) is 30.3 Å². The molecule has 35 heavy (non-hydrogen) atoms. The summed E-state index contributed by atoms with van der Waals surface area (Å²) in [6.07, 6.45) is 20.0. The van der Waals surface area contributed by atoms with Crippen molar-refractivity contribution in [3.05, 3.63) is 42.8 Å². The highest BCUT2D eigenvalue weighted by atomic mass is 31.2. The van der Waals surface area contributed by atoms with Crippen LogP contribution in [0.3, 0.4) is 0 Å². The van der Waals surface area contributed by atoms with Crippen LogP contribution in [0.1, 0.15) is 115 Å². The third-order valence-electron chi connectivity index (χ3n) is 6.45. The number of unbranched alkanes of at least 4 members (excludes halogenated alkanes) is 13. The van der Waals surface area contributed by atoms with Crippen molar-refractivity contribution >= 4 is 7.60 Å². The average molecular weight is 512 g/mol. The number of hydrogen-bond acceptors (Lipinski definition) is 3. The van der Waals surface area contributed by atoms with Gasteiger partial charge in [-0.3, -0.25) is 4.57 Å². The Morgan fingerprint density at radius 2 is 1.29 bits per heavy atom. The minimum Gasteiger partial charge on any atom is -0.378 e. The summed E-state index contributed by atoms with van der Waals surface area (Å²) >= 11 is 0. The standard InChI is InChI=1S/C29H52O5P/c1-3-4-5-6-7-8-9-10-11-12-13-14-15-19-24-33-29(25-28-20-17-16-18-21-28)23-22-27(2)34-26-35(30,31)32/h16-18,20-21,27,29H,2-15,19,22-26H2,1H3,(H2,30,31,32). The molecule has 0 aromatic heterocycles. The van der Waals surface area contributed by atoms with Gasteiger partial charge in [-0.2, -0.15) is 0 Å². The molecule has 0 amide bonds. The Bertz CT molecular complexity index is 633. The molecule has 0 aliphatic rings. The average Bonchev–Trinajstić information content (AvgIpc) is 2.83. The maximum atomic E-state index is 11.0. The summed E-state index contributed by atoms with van der Waals surface area (Å²) in [4.78, 5) is 17.9. The second kappa shape index (κ2) is 21.4. The molecule has 0 fully saturated rings. The zero-order chi connectivity index (χ0) is 25.6. The quantitative estimate of drug-likeness (QED) is 0.108. The van der Waals surface area contributed by atoms with Crippen molar-refractivity contribution in [2.75, 3.05) is 13.0 Å². The molecule has 5 nitrogen and oxygen atoms in total. The molecule has 2 atom stereocenters. The Hall–Kier alpha value is -0.710. The summed E-state index contributed by atoms with van der Waals surface area (Å²) in [7, 11) is -4.16. The van der Waals surface area contributed by atoms with Crippen LogP contribution in [0.4, 0.5) is 0 Å². The monoisotopic (exact) mass is 511 g/mol. The van der Waals surface area contributed by atoms with Crippen molar-refractivity contribution in [1.82, 2.24) is 0 Å². The summed E-state index contributed by atoms with van der Waals surface area (Å²) in [6.45, 7) is 6.90. The maximum Gasteiger partial charge on any atom is 0.350 e. The van der Waals surface area contributed by atoms with Crippen LogP contribution in [0.2, 0.25) is 0 Å². The van der Waals surface area contributed by atoms with Gasteiger partial charge in [0.05, 0.1) is 12.2 Å². The molecule has 0 heterocycles. The predicted octanol–water partition coefficient (Wildman–Crippen LogP) is 8.23. The summed E-state index contributed by atoms with van der Waals surface area (Å²) in [6, 6.07) is 10.3. The van der Waals surface area contributed by atoms with Crippen LogP contribution in [-0.2, 0) is 20.5 Å². The molecule has 0 bridgehead atoms. The lowest BCUT2D eigenvalue weighted by atomic mass is 10.0. The third-order valence-corrected chi connectivity index (χ3v) is 6.93. The van der Waals surface area contributed by atoms with Crippen LogP contribution in [0.5, 0.6) is 0 Å². The second-order valence-electron chi connectivity index (χ2n) is 9.94. The Balaban J connectivity index is 2.13. The van der Waals surface area contributed by atoms with E-state index < -0.39 is 20.0 Å². The van der Waals surface area contributed by atoms with Gasteiger partial charge in [-0.1, -0.05) is 121 Å². The van der Waals surface area contributed by atoms with Gasteiger partial charge >= 0.3 is 7.60 Å². The number of ether oxygens (including phenoxy) is 2. The predicted molar refractivity (Wildman–Crippen MR) is 147 cm³/mol. The molecular weight excluding hydrogens is 459 g/mol. The van der Waals surface area contributed by atoms with E-state index in [1.54, 1.807) is 0 Å². The van der Waals surface area contributed by atoms with Crippen LogP contribution < -0.4 is 0 Å². The Labute approximate surface area is 215 Å². The van der Waals surface area contributed by atoms with E-state index in [2.05, 4.69) is 26.0 Å². The summed E-state index contributed by atoms with van der Waals surface area (Å²) < 4.78 is 22.4. The van der Waals surface area contributed by atoms with E-state index in [1.165, 1.54) is 89.0 Å². The van der Waals surface area contributed by atoms with Gasteiger partial charge in [-0.05, 0) is 38.2 Å². The molecular formula is C29H52O5P. The van der Waals surface area contributed by atoms with Crippen LogP contribution in [-0.4, -0.2) is 34.9 Å². The molecule has 2 N–H and O–H groups in total. The first-order valence-electron chi connectivity index (χ1n) is 14.1. The fourth-order valence-corrected chi connectivity index (χ4v) is 4.73. The highest BCUT2D eigenvalue weighted by Gasteiger charge is 2.17. The Morgan fingerprint density at radius 3 is 1.80 bits per heavy atom. The van der Waals surface area contributed by atoms with Crippen molar-refractivity contribution in [3.63, 3.8) is 0 Å². The van der Waals surface area contributed by atoms with Gasteiger partial charge in [-0.25, -0.2) is 0 Å². The highest BCUT2D eigenvalue weighted by Crippen LogP contribution is 2.34. The van der Waals surface area contributed by atoms with Gasteiger partial charge in [-0.15, -0.1) is 0 Å². The van der Waals surface area contributed by atoms with Gasteiger partial charge in [0, 0.05) is 6.61 Å². The van der Waals surface area contributed by atoms with Gasteiger partial charge in [0.2, 0.25) is 0 Å². The zero-order valence-corrected chi connectivity index (χ0v) is 23.1. The van der Waals surface area contributed by atoms with Crippen molar-refractivity contribution < 1.29 is 23.8 Å². The molecule has 6 heteroatoms. The third kappa shape index (κ3) is 21.1. The molecule has 1 aromatic carbocycles. The maximum absolute atomic E-state index is 11.0. The fourth-order valence-electron chi connectivity index (χ4n) is 4.33. The van der Waals surface area contributed by atoms with Gasteiger partial charge in [0.15, 0.2) is 0 Å². The first kappa shape index (κ1) is 32.3. The molecule has 1 radical (unpaired) electrons. The van der Waals surface area contributed by atoms with E-state index in [0.717, 1.165) is 25.9 Å². The summed E-state index contributed by atoms with van der Waals surface area (Å²) in [5.41, 5.74) is 1.23. The summed E-state index contributed by atoms with van der Waals surface area (Å²) in [5.74, 6) is 0.